The molecule has 128 valence electrons. The van der Waals surface area contributed by atoms with E-state index in [2.05, 4.69) is 10.6 Å². The fourth-order valence-electron chi connectivity index (χ4n) is 2.84. The third-order valence-electron chi connectivity index (χ3n) is 4.14. The molecule has 2 aliphatic heterocycles. The van der Waals surface area contributed by atoms with Crippen LogP contribution >= 0.6 is 23.1 Å². The van der Waals surface area contributed by atoms with Crippen molar-refractivity contribution < 1.29 is 19.2 Å². The molecule has 0 bridgehead atoms. The molecule has 2 aliphatic rings. The summed E-state index contributed by atoms with van der Waals surface area (Å²) in [7, 11) is 1.42. The Morgan fingerprint density at radius 1 is 1.42 bits per heavy atom. The number of nitrogens with zero attached hydrogens (tertiary/aromatic N) is 1. The molecular formula is C15H17N3O4S2. The van der Waals surface area contributed by atoms with E-state index in [4.69, 9.17) is 0 Å². The Balaban J connectivity index is 1.63. The van der Waals surface area contributed by atoms with Gasteiger partial charge in [-0.15, -0.1) is 0 Å². The van der Waals surface area contributed by atoms with Gasteiger partial charge in [0.15, 0.2) is 0 Å². The van der Waals surface area contributed by atoms with Crippen molar-refractivity contribution in [3.05, 3.63) is 22.4 Å². The van der Waals surface area contributed by atoms with Crippen molar-refractivity contribution in [3.8, 4) is 0 Å². The molecule has 9 heteroatoms. The highest BCUT2D eigenvalue weighted by Crippen LogP contribution is 2.29. The van der Waals surface area contributed by atoms with Crippen molar-refractivity contribution in [1.29, 1.82) is 0 Å². The maximum atomic E-state index is 12.3. The van der Waals surface area contributed by atoms with Crippen LogP contribution < -0.4 is 10.6 Å². The number of carbonyl (C=O) groups is 4. The van der Waals surface area contributed by atoms with E-state index < -0.39 is 5.25 Å². The van der Waals surface area contributed by atoms with E-state index in [-0.39, 0.29) is 41.5 Å². The summed E-state index contributed by atoms with van der Waals surface area (Å²) in [4.78, 5) is 48.4. The molecule has 2 saturated heterocycles. The van der Waals surface area contributed by atoms with Crippen LogP contribution in [0.1, 0.15) is 30.9 Å². The van der Waals surface area contributed by atoms with Crippen LogP contribution in [0.15, 0.2) is 16.8 Å². The summed E-state index contributed by atoms with van der Waals surface area (Å²) in [6.45, 7) is 0. The number of amides is 4. The number of thiophene rings is 1. The van der Waals surface area contributed by atoms with Gasteiger partial charge in [0.05, 0.1) is 12.1 Å². The summed E-state index contributed by atoms with van der Waals surface area (Å²) in [5.74, 6) is -0.665. The lowest BCUT2D eigenvalue weighted by molar-refractivity contribution is -0.130. The molecule has 1 unspecified atom stereocenters. The number of rotatable bonds is 4. The van der Waals surface area contributed by atoms with Gasteiger partial charge in [-0.05, 0) is 28.8 Å². The second kappa shape index (κ2) is 6.94. The molecule has 0 aromatic carbocycles. The van der Waals surface area contributed by atoms with Gasteiger partial charge in [0.2, 0.25) is 17.7 Å². The Hall–Kier alpha value is -1.87. The first kappa shape index (κ1) is 17.0. The normalized spacial score (nSPS) is 27.3. The van der Waals surface area contributed by atoms with Gasteiger partial charge in [0.1, 0.15) is 5.25 Å². The molecule has 0 aliphatic carbocycles. The number of piperidine rings is 1. The standard InChI is InChI=1S/C15H17N3O4S2/c1-18-14(21)10(24-15(18)22)6-12(20)16-9-2-3-11(19)17-13(9)8-4-5-23-7-8/h4-5,7,9-10,13H,2-3,6H2,1H3,(H,16,20)(H,17,19)/t9-,10?,13+/m1/s1. The number of carbonyl (C=O) groups excluding carboxylic acids is 4. The smallest absolute Gasteiger partial charge is 0.288 e. The minimum absolute atomic E-state index is 0.0366. The van der Waals surface area contributed by atoms with Crippen LogP contribution in [0.5, 0.6) is 0 Å². The highest BCUT2D eigenvalue weighted by atomic mass is 32.2. The van der Waals surface area contributed by atoms with E-state index in [1.54, 1.807) is 0 Å². The van der Waals surface area contributed by atoms with Gasteiger partial charge in [-0.1, -0.05) is 11.8 Å². The van der Waals surface area contributed by atoms with Crippen molar-refractivity contribution >= 4 is 46.1 Å². The monoisotopic (exact) mass is 367 g/mol. The van der Waals surface area contributed by atoms with E-state index in [9.17, 15) is 19.2 Å². The summed E-state index contributed by atoms with van der Waals surface area (Å²) < 4.78 is 0. The highest BCUT2D eigenvalue weighted by molar-refractivity contribution is 8.15. The van der Waals surface area contributed by atoms with E-state index >= 15 is 0 Å². The van der Waals surface area contributed by atoms with E-state index in [1.807, 2.05) is 16.8 Å². The molecule has 1 aromatic rings. The number of thioether (sulfide) groups is 1. The van der Waals surface area contributed by atoms with Crippen molar-refractivity contribution in [2.45, 2.75) is 36.6 Å². The lowest BCUT2D eigenvalue weighted by atomic mass is 9.93. The number of imide groups is 1. The summed E-state index contributed by atoms with van der Waals surface area (Å²) in [5, 5.41) is 8.68. The Morgan fingerprint density at radius 3 is 2.83 bits per heavy atom. The Labute approximate surface area is 147 Å². The maximum Gasteiger partial charge on any atom is 0.288 e. The molecule has 3 rings (SSSR count). The predicted octanol–water partition coefficient (Wildman–Crippen LogP) is 1.27. The van der Waals surface area contributed by atoms with Gasteiger partial charge < -0.3 is 10.6 Å². The van der Waals surface area contributed by atoms with Gasteiger partial charge in [-0.25, -0.2) is 0 Å². The minimum atomic E-state index is -0.666. The summed E-state index contributed by atoms with van der Waals surface area (Å²) >= 11 is 2.41. The van der Waals surface area contributed by atoms with Crippen molar-refractivity contribution in [2.75, 3.05) is 7.05 Å². The van der Waals surface area contributed by atoms with Crippen LogP contribution in [0.3, 0.4) is 0 Å². The number of hydrogen-bond acceptors (Lipinski definition) is 6. The molecular weight excluding hydrogens is 350 g/mol. The van der Waals surface area contributed by atoms with Crippen molar-refractivity contribution in [1.82, 2.24) is 15.5 Å². The molecule has 3 heterocycles. The van der Waals surface area contributed by atoms with Gasteiger partial charge in [0, 0.05) is 19.9 Å². The first-order valence-electron chi connectivity index (χ1n) is 7.54. The quantitative estimate of drug-likeness (QED) is 0.835. The largest absolute Gasteiger partial charge is 0.351 e. The Bertz CT molecular complexity index is 676. The van der Waals surface area contributed by atoms with E-state index in [0.29, 0.717) is 12.8 Å². The average Bonchev–Trinajstić information content (AvgIpc) is 3.15. The summed E-state index contributed by atoms with van der Waals surface area (Å²) in [6, 6.07) is 1.43. The van der Waals surface area contributed by atoms with Crippen LogP contribution in [0, 0.1) is 0 Å². The number of nitrogens with one attached hydrogen (secondary N) is 2. The zero-order valence-corrected chi connectivity index (χ0v) is 14.6. The summed E-state index contributed by atoms with van der Waals surface area (Å²) in [5.41, 5.74) is 0.958. The van der Waals surface area contributed by atoms with Crippen LogP contribution in [0.25, 0.3) is 0 Å². The molecule has 4 amide bonds. The van der Waals surface area contributed by atoms with E-state index in [1.165, 1.54) is 18.4 Å². The number of hydrogen-bond donors (Lipinski definition) is 2. The van der Waals surface area contributed by atoms with Crippen LogP contribution in [0.4, 0.5) is 4.79 Å². The van der Waals surface area contributed by atoms with Gasteiger partial charge >= 0.3 is 0 Å². The van der Waals surface area contributed by atoms with Crippen LogP contribution in [-0.2, 0) is 14.4 Å². The fraction of sp³-hybridized carbons (Fsp3) is 0.467. The summed E-state index contributed by atoms with van der Waals surface area (Å²) in [6.07, 6.45) is 0.854. The van der Waals surface area contributed by atoms with Gasteiger partial charge in [-0.3, -0.25) is 24.1 Å². The second-order valence-corrected chi connectivity index (χ2v) is 7.72. The molecule has 2 N–H and O–H groups in total. The molecule has 7 nitrogen and oxygen atoms in total. The topological polar surface area (TPSA) is 95.6 Å². The van der Waals surface area contributed by atoms with Crippen molar-refractivity contribution in [3.63, 3.8) is 0 Å². The molecule has 0 radical (unpaired) electrons. The minimum Gasteiger partial charge on any atom is -0.351 e. The third kappa shape index (κ3) is 3.46. The highest BCUT2D eigenvalue weighted by Gasteiger charge is 2.39. The van der Waals surface area contributed by atoms with E-state index in [0.717, 1.165) is 22.2 Å². The zero-order valence-electron chi connectivity index (χ0n) is 13.0. The van der Waals surface area contributed by atoms with Crippen LogP contribution in [0.2, 0.25) is 0 Å². The first-order chi connectivity index (χ1) is 11.5. The second-order valence-electron chi connectivity index (χ2n) is 5.79. The first-order valence-corrected chi connectivity index (χ1v) is 9.37. The van der Waals surface area contributed by atoms with Gasteiger partial charge in [0.25, 0.3) is 5.24 Å². The maximum absolute atomic E-state index is 12.3. The molecule has 2 fully saturated rings. The van der Waals surface area contributed by atoms with Crippen LogP contribution in [-0.4, -0.2) is 46.2 Å². The molecule has 3 atom stereocenters. The predicted molar refractivity (Wildman–Crippen MR) is 90.5 cm³/mol. The lowest BCUT2D eigenvalue weighted by Gasteiger charge is -2.32. The van der Waals surface area contributed by atoms with Crippen molar-refractivity contribution in [2.24, 2.45) is 0 Å². The average molecular weight is 367 g/mol. The lowest BCUT2D eigenvalue weighted by Crippen LogP contribution is -2.50. The fourth-order valence-corrected chi connectivity index (χ4v) is 4.52. The zero-order chi connectivity index (χ0) is 17.3. The molecule has 0 saturated carbocycles. The Morgan fingerprint density at radius 2 is 2.21 bits per heavy atom. The third-order valence-corrected chi connectivity index (χ3v) is 5.97. The molecule has 0 spiro atoms. The molecule has 24 heavy (non-hydrogen) atoms. The molecule has 1 aromatic heterocycles. The Kier molecular flexibility index (Phi) is 4.91. The van der Waals surface area contributed by atoms with Gasteiger partial charge in [-0.2, -0.15) is 11.3 Å². The SMILES string of the molecule is CN1C(=O)SC(CC(=O)N[C@@H]2CCC(=O)N[C@H]2c2ccsc2)C1=O.